The van der Waals surface area contributed by atoms with Crippen molar-refractivity contribution in [1.29, 1.82) is 0 Å². The van der Waals surface area contributed by atoms with E-state index in [1.807, 2.05) is 6.92 Å². The molecule has 1 aromatic carbocycles. The van der Waals surface area contributed by atoms with Gasteiger partial charge in [-0.25, -0.2) is 9.59 Å². The second-order valence-corrected chi connectivity index (χ2v) is 4.59. The molecule has 0 aromatic heterocycles. The molecule has 0 saturated heterocycles. The Morgan fingerprint density at radius 2 is 2.11 bits per heavy atom. The highest BCUT2D eigenvalue weighted by atomic mass is 79.9. The van der Waals surface area contributed by atoms with E-state index in [1.54, 1.807) is 12.1 Å². The van der Waals surface area contributed by atoms with Crippen LogP contribution in [0.25, 0.3) is 0 Å². The molecule has 0 aliphatic carbocycles. The molecule has 18 heavy (non-hydrogen) atoms. The van der Waals surface area contributed by atoms with Gasteiger partial charge in [0.25, 0.3) is 0 Å². The van der Waals surface area contributed by atoms with Gasteiger partial charge in [0.05, 0.1) is 5.56 Å². The number of carbonyl (C=O) groups excluding carboxylic acids is 1. The lowest BCUT2D eigenvalue weighted by atomic mass is 10.2. The Labute approximate surface area is 114 Å². The van der Waals surface area contributed by atoms with Gasteiger partial charge in [0.1, 0.15) is 0 Å². The first-order valence-electron chi connectivity index (χ1n) is 5.62. The number of hydrogen-bond donors (Lipinski definition) is 3. The monoisotopic (exact) mass is 314 g/mol. The van der Waals surface area contributed by atoms with Gasteiger partial charge in [-0.1, -0.05) is 13.3 Å². The third-order valence-electron chi connectivity index (χ3n) is 2.27. The van der Waals surface area contributed by atoms with Crippen LogP contribution in [0.3, 0.4) is 0 Å². The highest BCUT2D eigenvalue weighted by Crippen LogP contribution is 2.21. The highest BCUT2D eigenvalue weighted by molar-refractivity contribution is 9.10. The molecule has 0 radical (unpaired) electrons. The molecule has 1 aromatic rings. The number of carboxylic acids is 1. The van der Waals surface area contributed by atoms with Crippen molar-refractivity contribution < 1.29 is 14.7 Å². The summed E-state index contributed by atoms with van der Waals surface area (Å²) < 4.78 is 0.479. The summed E-state index contributed by atoms with van der Waals surface area (Å²) in [5, 5.41) is 14.2. The van der Waals surface area contributed by atoms with Crippen LogP contribution in [0.1, 0.15) is 30.1 Å². The van der Waals surface area contributed by atoms with Crippen LogP contribution in [0.2, 0.25) is 0 Å². The fourth-order valence-electron chi connectivity index (χ4n) is 1.32. The van der Waals surface area contributed by atoms with Gasteiger partial charge < -0.3 is 15.7 Å². The van der Waals surface area contributed by atoms with Gasteiger partial charge >= 0.3 is 12.0 Å². The number of nitrogens with one attached hydrogen (secondary N) is 2. The first-order valence-corrected chi connectivity index (χ1v) is 6.41. The number of aromatic carboxylic acids is 1. The molecule has 3 N–H and O–H groups in total. The minimum atomic E-state index is -1.04. The zero-order valence-corrected chi connectivity index (χ0v) is 11.6. The van der Waals surface area contributed by atoms with E-state index in [0.29, 0.717) is 16.7 Å². The van der Waals surface area contributed by atoms with E-state index in [9.17, 15) is 9.59 Å². The van der Waals surface area contributed by atoms with E-state index in [4.69, 9.17) is 5.11 Å². The van der Waals surface area contributed by atoms with Crippen molar-refractivity contribution in [1.82, 2.24) is 5.32 Å². The van der Waals surface area contributed by atoms with Gasteiger partial charge in [0.2, 0.25) is 0 Å². The Kier molecular flexibility index (Phi) is 5.64. The second-order valence-electron chi connectivity index (χ2n) is 3.73. The molecule has 0 heterocycles. The Morgan fingerprint density at radius 1 is 1.39 bits per heavy atom. The highest BCUT2D eigenvalue weighted by Gasteiger charge is 2.10. The topological polar surface area (TPSA) is 78.4 Å². The molecule has 0 spiro atoms. The normalized spacial score (nSPS) is 9.89. The summed E-state index contributed by atoms with van der Waals surface area (Å²) in [6.45, 7) is 2.64. The smallest absolute Gasteiger partial charge is 0.336 e. The Hall–Kier alpha value is -1.56. The minimum Gasteiger partial charge on any atom is -0.478 e. The quantitative estimate of drug-likeness (QED) is 0.731. The Balaban J connectivity index is 2.65. The lowest BCUT2D eigenvalue weighted by Crippen LogP contribution is -2.29. The molecule has 0 bridgehead atoms. The van der Waals surface area contributed by atoms with Gasteiger partial charge in [0, 0.05) is 16.7 Å². The van der Waals surface area contributed by atoms with Crippen LogP contribution in [0, 0.1) is 0 Å². The number of anilines is 1. The molecule has 0 aliphatic rings. The van der Waals surface area contributed by atoms with Gasteiger partial charge in [-0.3, -0.25) is 0 Å². The van der Waals surface area contributed by atoms with E-state index < -0.39 is 5.97 Å². The number of urea groups is 1. The number of rotatable bonds is 5. The standard InChI is InChI=1S/C12H15BrN2O3/c1-2-3-6-14-12(18)15-8-4-5-10(13)9(7-8)11(16)17/h4-5,7H,2-3,6H2,1H3,(H,16,17)(H2,14,15,18). The first kappa shape index (κ1) is 14.5. The molecular weight excluding hydrogens is 300 g/mol. The van der Waals surface area contributed by atoms with E-state index in [2.05, 4.69) is 26.6 Å². The maximum Gasteiger partial charge on any atom is 0.336 e. The molecule has 0 atom stereocenters. The molecule has 5 nitrogen and oxygen atoms in total. The number of benzene rings is 1. The SMILES string of the molecule is CCCCNC(=O)Nc1ccc(Br)c(C(=O)O)c1. The summed E-state index contributed by atoms with van der Waals surface area (Å²) in [6, 6.07) is 4.30. The van der Waals surface area contributed by atoms with Crippen LogP contribution in [0.5, 0.6) is 0 Å². The van der Waals surface area contributed by atoms with Crippen molar-refractivity contribution in [2.75, 3.05) is 11.9 Å². The molecule has 2 amide bonds. The number of unbranched alkanes of at least 4 members (excludes halogenated alkanes) is 1. The van der Waals surface area contributed by atoms with Crippen LogP contribution in [-0.2, 0) is 0 Å². The van der Waals surface area contributed by atoms with Gasteiger partial charge in [-0.2, -0.15) is 0 Å². The van der Waals surface area contributed by atoms with Gasteiger partial charge in [-0.05, 0) is 40.5 Å². The molecule has 0 aliphatic heterocycles. The first-order chi connectivity index (χ1) is 8.54. The average molecular weight is 315 g/mol. The maximum atomic E-state index is 11.5. The van der Waals surface area contributed by atoms with Crippen molar-refractivity contribution in [3.8, 4) is 0 Å². The van der Waals surface area contributed by atoms with Gasteiger partial charge in [0.15, 0.2) is 0 Å². The summed E-state index contributed by atoms with van der Waals surface area (Å²) >= 11 is 3.14. The molecule has 0 fully saturated rings. The zero-order chi connectivity index (χ0) is 13.5. The van der Waals surface area contributed by atoms with Crippen molar-refractivity contribution in [2.24, 2.45) is 0 Å². The van der Waals surface area contributed by atoms with E-state index in [1.165, 1.54) is 6.07 Å². The lowest BCUT2D eigenvalue weighted by Gasteiger charge is -2.08. The number of carbonyl (C=O) groups is 2. The summed E-state index contributed by atoms with van der Waals surface area (Å²) in [5.74, 6) is -1.04. The molecule has 6 heteroatoms. The molecule has 98 valence electrons. The number of carboxylic acid groups (broad SMARTS) is 1. The maximum absolute atomic E-state index is 11.5. The Bertz CT molecular complexity index is 449. The lowest BCUT2D eigenvalue weighted by molar-refractivity contribution is 0.0696. The fraction of sp³-hybridized carbons (Fsp3) is 0.333. The van der Waals surface area contributed by atoms with Crippen LogP contribution in [-0.4, -0.2) is 23.7 Å². The summed E-state index contributed by atoms with van der Waals surface area (Å²) in [6.07, 6.45) is 1.91. The zero-order valence-electron chi connectivity index (χ0n) is 10.00. The summed E-state index contributed by atoms with van der Waals surface area (Å²) in [7, 11) is 0. The van der Waals surface area contributed by atoms with Crippen molar-refractivity contribution in [3.05, 3.63) is 28.2 Å². The largest absolute Gasteiger partial charge is 0.478 e. The molecule has 0 saturated carbocycles. The third-order valence-corrected chi connectivity index (χ3v) is 2.96. The predicted molar refractivity (Wildman–Crippen MR) is 73.0 cm³/mol. The van der Waals surface area contributed by atoms with Crippen molar-refractivity contribution in [2.45, 2.75) is 19.8 Å². The third kappa shape index (κ3) is 4.37. The molecule has 0 unspecified atom stereocenters. The van der Waals surface area contributed by atoms with E-state index in [-0.39, 0.29) is 11.6 Å². The average Bonchev–Trinajstić information content (AvgIpc) is 2.31. The van der Waals surface area contributed by atoms with Crippen LogP contribution in [0.4, 0.5) is 10.5 Å². The van der Waals surface area contributed by atoms with Crippen LogP contribution >= 0.6 is 15.9 Å². The minimum absolute atomic E-state index is 0.112. The number of amides is 2. The number of hydrogen-bond acceptors (Lipinski definition) is 2. The Morgan fingerprint density at radius 3 is 2.72 bits per heavy atom. The predicted octanol–water partition coefficient (Wildman–Crippen LogP) is 3.07. The summed E-state index contributed by atoms with van der Waals surface area (Å²) in [4.78, 5) is 22.4. The van der Waals surface area contributed by atoms with E-state index in [0.717, 1.165) is 12.8 Å². The van der Waals surface area contributed by atoms with Gasteiger partial charge in [-0.15, -0.1) is 0 Å². The molecule has 1 rings (SSSR count). The molecular formula is C12H15BrN2O3. The second kappa shape index (κ2) is 7.00. The van der Waals surface area contributed by atoms with Crippen molar-refractivity contribution >= 4 is 33.6 Å². The van der Waals surface area contributed by atoms with Crippen molar-refractivity contribution in [3.63, 3.8) is 0 Å². The fourth-order valence-corrected chi connectivity index (χ4v) is 1.74. The van der Waals surface area contributed by atoms with Crippen LogP contribution < -0.4 is 10.6 Å². The summed E-state index contributed by atoms with van der Waals surface area (Å²) in [5.41, 5.74) is 0.561. The number of halogens is 1. The van der Waals surface area contributed by atoms with Crippen LogP contribution in [0.15, 0.2) is 22.7 Å². The van der Waals surface area contributed by atoms with E-state index >= 15 is 0 Å².